The van der Waals surface area contributed by atoms with E-state index in [4.69, 9.17) is 10.3 Å². The minimum Gasteiger partial charge on any atom is -0.338 e. The van der Waals surface area contributed by atoms with Crippen molar-refractivity contribution >= 4 is 11.8 Å². The molecule has 0 radical (unpaired) electrons. The fourth-order valence-corrected chi connectivity index (χ4v) is 2.86. The molecule has 1 aliphatic rings. The van der Waals surface area contributed by atoms with Gasteiger partial charge in [-0.2, -0.15) is 0 Å². The molecule has 0 aromatic carbocycles. The molecule has 1 saturated heterocycles. The normalized spacial score (nSPS) is 21.6. The van der Waals surface area contributed by atoms with E-state index in [0.29, 0.717) is 12.4 Å². The van der Waals surface area contributed by atoms with Crippen molar-refractivity contribution in [3.63, 3.8) is 0 Å². The zero-order valence-electron chi connectivity index (χ0n) is 14.1. The second-order valence-electron chi connectivity index (χ2n) is 7.27. The van der Waals surface area contributed by atoms with Crippen molar-refractivity contribution in [1.29, 1.82) is 0 Å². The minimum absolute atomic E-state index is 0.0749. The first-order valence-electron chi connectivity index (χ1n) is 8.04. The molecule has 1 aliphatic heterocycles. The third-order valence-corrected chi connectivity index (χ3v) is 4.16. The van der Waals surface area contributed by atoms with Crippen LogP contribution in [-0.2, 0) is 10.2 Å². The number of nitrogens with two attached hydrogens (primary N) is 1. The van der Waals surface area contributed by atoms with Gasteiger partial charge >= 0.3 is 0 Å². The monoisotopic (exact) mass is 308 g/mol. The molecule has 0 spiro atoms. The van der Waals surface area contributed by atoms with Gasteiger partial charge in [0, 0.05) is 23.6 Å². The molecule has 6 heteroatoms. The lowest BCUT2D eigenvalue weighted by molar-refractivity contribution is -0.118. The zero-order chi connectivity index (χ0) is 16.3. The molecule has 1 aromatic rings. The van der Waals surface area contributed by atoms with Gasteiger partial charge in [-0.05, 0) is 26.3 Å². The van der Waals surface area contributed by atoms with E-state index in [0.717, 1.165) is 25.1 Å². The van der Waals surface area contributed by atoms with Crippen LogP contribution in [0.4, 0.5) is 5.88 Å². The summed E-state index contributed by atoms with van der Waals surface area (Å²) in [5.74, 6) is 0.327. The number of piperidine rings is 1. The van der Waals surface area contributed by atoms with E-state index < -0.39 is 0 Å². The summed E-state index contributed by atoms with van der Waals surface area (Å²) in [5.41, 5.74) is 6.77. The predicted octanol–water partition coefficient (Wildman–Crippen LogP) is 2.11. The lowest BCUT2D eigenvalue weighted by Gasteiger charge is -2.37. The Hall–Kier alpha value is -1.40. The summed E-state index contributed by atoms with van der Waals surface area (Å²) in [4.78, 5) is 14.4. The molecule has 0 saturated carbocycles. The molecular formula is C16H28N4O2. The van der Waals surface area contributed by atoms with Gasteiger partial charge in [0.25, 0.3) is 0 Å². The summed E-state index contributed by atoms with van der Waals surface area (Å²) >= 11 is 0. The number of aromatic nitrogens is 1. The Kier molecular flexibility index (Phi) is 5.24. The number of likely N-dealkylation sites (tertiary alicyclic amines) is 1. The predicted molar refractivity (Wildman–Crippen MR) is 86.7 cm³/mol. The Morgan fingerprint density at radius 3 is 2.86 bits per heavy atom. The first kappa shape index (κ1) is 17.0. The van der Waals surface area contributed by atoms with E-state index >= 15 is 0 Å². The molecule has 2 unspecified atom stereocenters. The summed E-state index contributed by atoms with van der Waals surface area (Å²) in [6.45, 7) is 9.43. The lowest BCUT2D eigenvalue weighted by Crippen LogP contribution is -2.51. The highest BCUT2D eigenvalue weighted by atomic mass is 16.5. The van der Waals surface area contributed by atoms with Gasteiger partial charge in [0.15, 0.2) is 0 Å². The quantitative estimate of drug-likeness (QED) is 0.890. The Bertz CT molecular complexity index is 504. The maximum absolute atomic E-state index is 12.2. The van der Waals surface area contributed by atoms with Crippen LogP contribution in [-0.4, -0.2) is 41.1 Å². The molecule has 0 aliphatic carbocycles. The number of rotatable bonds is 4. The topological polar surface area (TPSA) is 84.4 Å². The van der Waals surface area contributed by atoms with Gasteiger partial charge in [-0.1, -0.05) is 32.3 Å². The summed E-state index contributed by atoms with van der Waals surface area (Å²) in [6, 6.07) is 2.14. The van der Waals surface area contributed by atoms with Crippen LogP contribution in [0, 0.1) is 0 Å². The van der Waals surface area contributed by atoms with Crippen molar-refractivity contribution in [2.24, 2.45) is 5.73 Å². The minimum atomic E-state index is -0.0978. The van der Waals surface area contributed by atoms with Crippen molar-refractivity contribution in [2.75, 3.05) is 18.4 Å². The number of nitrogens with one attached hydrogen (secondary N) is 1. The second-order valence-corrected chi connectivity index (χ2v) is 7.27. The van der Waals surface area contributed by atoms with Crippen LogP contribution in [0.3, 0.4) is 0 Å². The molecule has 3 N–H and O–H groups in total. The molecular weight excluding hydrogens is 280 g/mol. The van der Waals surface area contributed by atoms with Crippen LogP contribution < -0.4 is 11.1 Å². The average Bonchev–Trinajstić information content (AvgIpc) is 2.87. The van der Waals surface area contributed by atoms with E-state index in [-0.39, 0.29) is 23.4 Å². The van der Waals surface area contributed by atoms with Crippen molar-refractivity contribution in [3.8, 4) is 0 Å². The highest BCUT2D eigenvalue weighted by molar-refractivity contribution is 5.91. The number of carbonyl (C=O) groups excluding carboxylic acids is 1. The molecule has 1 fully saturated rings. The van der Waals surface area contributed by atoms with Gasteiger partial charge in [0.1, 0.15) is 0 Å². The first-order valence-corrected chi connectivity index (χ1v) is 8.04. The van der Waals surface area contributed by atoms with Crippen molar-refractivity contribution in [3.05, 3.63) is 11.8 Å². The number of hydrogen-bond donors (Lipinski definition) is 2. The molecule has 1 amide bonds. The maximum Gasteiger partial charge on any atom is 0.240 e. The Morgan fingerprint density at radius 1 is 1.55 bits per heavy atom. The summed E-state index contributed by atoms with van der Waals surface area (Å²) in [6.07, 6.45) is 3.36. The van der Waals surface area contributed by atoms with Gasteiger partial charge in [0.2, 0.25) is 11.8 Å². The van der Waals surface area contributed by atoms with E-state index in [9.17, 15) is 4.79 Å². The molecule has 2 rings (SSSR count). The molecule has 2 atom stereocenters. The van der Waals surface area contributed by atoms with Crippen LogP contribution in [0.25, 0.3) is 0 Å². The van der Waals surface area contributed by atoms with Crippen molar-refractivity contribution < 1.29 is 9.32 Å². The SMILES string of the molecule is CC(N)C1CCCCN1CC(=O)Nc1cc(C(C)(C)C)no1. The number of anilines is 1. The third-order valence-electron chi connectivity index (χ3n) is 4.16. The van der Waals surface area contributed by atoms with Gasteiger partial charge in [-0.25, -0.2) is 0 Å². The Labute approximate surface area is 132 Å². The van der Waals surface area contributed by atoms with Crippen LogP contribution in [0.15, 0.2) is 10.6 Å². The number of carbonyl (C=O) groups is 1. The maximum atomic E-state index is 12.2. The van der Waals surface area contributed by atoms with E-state index in [1.54, 1.807) is 6.07 Å². The van der Waals surface area contributed by atoms with Gasteiger partial charge in [0.05, 0.1) is 12.2 Å². The molecule has 2 heterocycles. The fraction of sp³-hybridized carbons (Fsp3) is 0.750. The molecule has 1 aromatic heterocycles. The number of amides is 1. The number of nitrogens with zero attached hydrogens (tertiary/aromatic N) is 2. The summed E-state index contributed by atoms with van der Waals surface area (Å²) in [7, 11) is 0. The highest BCUT2D eigenvalue weighted by Crippen LogP contribution is 2.24. The second kappa shape index (κ2) is 6.79. The zero-order valence-corrected chi connectivity index (χ0v) is 14.1. The van der Waals surface area contributed by atoms with Crippen LogP contribution in [0.2, 0.25) is 0 Å². The fourth-order valence-electron chi connectivity index (χ4n) is 2.86. The molecule has 22 heavy (non-hydrogen) atoms. The van der Waals surface area contributed by atoms with Crippen molar-refractivity contribution in [1.82, 2.24) is 10.1 Å². The van der Waals surface area contributed by atoms with Gasteiger partial charge in [-0.3, -0.25) is 15.0 Å². The smallest absolute Gasteiger partial charge is 0.240 e. The summed E-state index contributed by atoms with van der Waals surface area (Å²) in [5, 5.41) is 6.80. The largest absolute Gasteiger partial charge is 0.338 e. The Balaban J connectivity index is 1.93. The van der Waals surface area contributed by atoms with E-state index in [1.165, 1.54) is 6.42 Å². The lowest BCUT2D eigenvalue weighted by atomic mass is 9.92. The van der Waals surface area contributed by atoms with E-state index in [1.807, 2.05) is 6.92 Å². The Morgan fingerprint density at radius 2 is 2.27 bits per heavy atom. The van der Waals surface area contributed by atoms with Crippen molar-refractivity contribution in [2.45, 2.75) is 64.5 Å². The first-order chi connectivity index (χ1) is 10.3. The highest BCUT2D eigenvalue weighted by Gasteiger charge is 2.27. The summed E-state index contributed by atoms with van der Waals surface area (Å²) < 4.78 is 5.20. The van der Waals surface area contributed by atoms with Crippen LogP contribution in [0.5, 0.6) is 0 Å². The molecule has 124 valence electrons. The van der Waals surface area contributed by atoms with Gasteiger partial charge in [-0.15, -0.1) is 0 Å². The number of hydrogen-bond acceptors (Lipinski definition) is 5. The van der Waals surface area contributed by atoms with Crippen LogP contribution >= 0.6 is 0 Å². The third kappa shape index (κ3) is 4.30. The standard InChI is InChI=1S/C16H28N4O2/c1-11(17)12-7-5-6-8-20(12)10-14(21)18-15-9-13(19-22-15)16(2,3)4/h9,11-12H,5-8,10,17H2,1-4H3,(H,18,21). The van der Waals surface area contributed by atoms with Gasteiger partial charge < -0.3 is 10.3 Å². The van der Waals surface area contributed by atoms with E-state index in [2.05, 4.69) is 36.1 Å². The molecule has 6 nitrogen and oxygen atoms in total. The van der Waals surface area contributed by atoms with Crippen LogP contribution in [0.1, 0.15) is 52.7 Å². The molecule has 0 bridgehead atoms. The average molecular weight is 308 g/mol.